The van der Waals surface area contributed by atoms with E-state index >= 15 is 0 Å². The molecular formula is C14H20BNO4. The van der Waals surface area contributed by atoms with Gasteiger partial charge in [0.15, 0.2) is 0 Å². The highest BCUT2D eigenvalue weighted by Crippen LogP contribution is 2.33. The van der Waals surface area contributed by atoms with Gasteiger partial charge in [0.1, 0.15) is 0 Å². The number of hydrogen-bond donors (Lipinski definition) is 2. The summed E-state index contributed by atoms with van der Waals surface area (Å²) in [5.74, 6) is 0. The topological polar surface area (TPSA) is 70.0 Å². The highest BCUT2D eigenvalue weighted by Gasteiger charge is 2.41. The van der Waals surface area contributed by atoms with Crippen molar-refractivity contribution in [1.29, 1.82) is 0 Å². The normalized spacial score (nSPS) is 17.0. The molecule has 0 atom stereocenters. The van der Waals surface area contributed by atoms with Crippen LogP contribution in [-0.4, -0.2) is 28.9 Å². The van der Waals surface area contributed by atoms with Gasteiger partial charge in [-0.05, 0) is 57.8 Å². The first-order chi connectivity index (χ1) is 9.04. The van der Waals surface area contributed by atoms with E-state index in [0.29, 0.717) is 11.2 Å². The van der Waals surface area contributed by atoms with Crippen LogP contribution in [-0.2, 0) is 10.3 Å². The van der Waals surface area contributed by atoms with Crippen LogP contribution in [0.5, 0.6) is 0 Å². The average molecular weight is 277 g/mol. The van der Waals surface area contributed by atoms with E-state index < -0.39 is 24.4 Å². The van der Waals surface area contributed by atoms with E-state index in [1.165, 1.54) is 4.90 Å². The fourth-order valence-electron chi connectivity index (χ4n) is 2.61. The first-order valence-electron chi connectivity index (χ1n) is 6.57. The van der Waals surface area contributed by atoms with Crippen molar-refractivity contribution in [3.05, 3.63) is 23.8 Å². The average Bonchev–Trinajstić information content (AvgIpc) is 2.47. The van der Waals surface area contributed by atoms with E-state index in [1.54, 1.807) is 18.2 Å². The molecule has 5 nitrogen and oxygen atoms in total. The van der Waals surface area contributed by atoms with Crippen LogP contribution in [0.15, 0.2) is 18.2 Å². The van der Waals surface area contributed by atoms with Crippen molar-refractivity contribution < 1.29 is 19.6 Å². The molecule has 1 aromatic rings. The summed E-state index contributed by atoms with van der Waals surface area (Å²) in [6.45, 7) is 9.22. The van der Waals surface area contributed by atoms with Crippen LogP contribution in [0.3, 0.4) is 0 Å². The Bertz CT molecular complexity index is 551. The van der Waals surface area contributed by atoms with Gasteiger partial charge in [0.25, 0.3) is 0 Å². The number of rotatable bonds is 1. The van der Waals surface area contributed by atoms with E-state index in [4.69, 9.17) is 4.65 Å². The molecule has 0 saturated carbocycles. The molecule has 1 aromatic carbocycles. The fraction of sp³-hybridized carbons (Fsp3) is 0.500. The first kappa shape index (κ1) is 14.9. The maximum absolute atomic E-state index is 11.5. The van der Waals surface area contributed by atoms with Gasteiger partial charge in [-0.15, -0.1) is 0 Å². The van der Waals surface area contributed by atoms with Crippen LogP contribution >= 0.6 is 0 Å². The lowest BCUT2D eigenvalue weighted by molar-refractivity contribution is 0.101. The quantitative estimate of drug-likeness (QED) is 0.769. The van der Waals surface area contributed by atoms with E-state index in [1.807, 2.05) is 34.6 Å². The first-order valence-corrected chi connectivity index (χ1v) is 6.57. The Hall–Kier alpha value is -1.53. The molecule has 6 heteroatoms. The minimum atomic E-state index is -1.00. The summed E-state index contributed by atoms with van der Waals surface area (Å²) >= 11 is 0. The van der Waals surface area contributed by atoms with Crippen LogP contribution < -0.4 is 10.4 Å². The zero-order chi connectivity index (χ0) is 15.3. The van der Waals surface area contributed by atoms with Gasteiger partial charge < -0.3 is 14.8 Å². The third-order valence-electron chi connectivity index (χ3n) is 3.48. The summed E-state index contributed by atoms with van der Waals surface area (Å²) in [6.07, 6.45) is -1.00. The standard InChI is InChI=1S/C14H20BNO4/c1-13(2,3)16(12(17)18)9-6-7-11-10(8-9)14(4,5)20-15(11)19/h6-8,19H,1-5H3,(H,17,18). The number of fused-ring (bicyclic) bond motifs is 1. The molecule has 1 heterocycles. The SMILES string of the molecule is CC1(C)OB(O)c2ccc(N(C(=O)O)C(C)(C)C)cc21. The van der Waals surface area contributed by atoms with Crippen molar-refractivity contribution in [1.82, 2.24) is 0 Å². The zero-order valence-corrected chi connectivity index (χ0v) is 12.5. The summed E-state index contributed by atoms with van der Waals surface area (Å²) in [7, 11) is -0.957. The maximum atomic E-state index is 11.5. The monoisotopic (exact) mass is 277 g/mol. The van der Waals surface area contributed by atoms with Gasteiger partial charge in [-0.2, -0.15) is 0 Å². The van der Waals surface area contributed by atoms with Gasteiger partial charge in [0, 0.05) is 11.2 Å². The summed E-state index contributed by atoms with van der Waals surface area (Å²) in [5, 5.41) is 19.3. The highest BCUT2D eigenvalue weighted by molar-refractivity contribution is 6.62. The second-order valence-electron chi connectivity index (χ2n) is 6.54. The lowest BCUT2D eigenvalue weighted by atomic mass is 9.78. The van der Waals surface area contributed by atoms with E-state index in [9.17, 15) is 14.9 Å². The molecule has 0 fully saturated rings. The Morgan fingerprint density at radius 3 is 2.45 bits per heavy atom. The van der Waals surface area contributed by atoms with Crippen molar-refractivity contribution >= 4 is 24.4 Å². The Morgan fingerprint density at radius 1 is 1.35 bits per heavy atom. The minimum Gasteiger partial charge on any atom is -0.465 e. The van der Waals surface area contributed by atoms with Crippen molar-refractivity contribution in [2.75, 3.05) is 4.90 Å². The minimum absolute atomic E-state index is 0.553. The van der Waals surface area contributed by atoms with Gasteiger partial charge in [-0.3, -0.25) is 4.90 Å². The van der Waals surface area contributed by atoms with Crippen molar-refractivity contribution in [2.24, 2.45) is 0 Å². The van der Waals surface area contributed by atoms with Crippen LogP contribution in [0, 0.1) is 0 Å². The maximum Gasteiger partial charge on any atom is 0.492 e. The van der Waals surface area contributed by atoms with Gasteiger partial charge in [-0.25, -0.2) is 4.79 Å². The van der Waals surface area contributed by atoms with E-state index in [2.05, 4.69) is 0 Å². The van der Waals surface area contributed by atoms with Crippen LogP contribution in [0.1, 0.15) is 40.2 Å². The Kier molecular flexibility index (Phi) is 3.35. The van der Waals surface area contributed by atoms with Crippen LogP contribution in [0.2, 0.25) is 0 Å². The van der Waals surface area contributed by atoms with Crippen LogP contribution in [0.25, 0.3) is 0 Å². The largest absolute Gasteiger partial charge is 0.492 e. The van der Waals surface area contributed by atoms with E-state index in [-0.39, 0.29) is 0 Å². The molecule has 1 amide bonds. The summed E-state index contributed by atoms with van der Waals surface area (Å²) in [4.78, 5) is 12.8. The van der Waals surface area contributed by atoms with Gasteiger partial charge in [0.2, 0.25) is 0 Å². The fourth-order valence-corrected chi connectivity index (χ4v) is 2.61. The van der Waals surface area contributed by atoms with E-state index in [0.717, 1.165) is 5.56 Å². The predicted molar refractivity (Wildman–Crippen MR) is 78.4 cm³/mol. The number of hydrogen-bond acceptors (Lipinski definition) is 3. The summed E-state index contributed by atoms with van der Waals surface area (Å²) in [6, 6.07) is 5.21. The highest BCUT2D eigenvalue weighted by atomic mass is 16.5. The molecule has 20 heavy (non-hydrogen) atoms. The molecule has 0 spiro atoms. The lowest BCUT2D eigenvalue weighted by Crippen LogP contribution is -2.45. The third kappa shape index (κ3) is 2.41. The molecule has 1 aliphatic rings. The summed E-state index contributed by atoms with van der Waals surface area (Å²) < 4.78 is 5.49. The number of carboxylic acid groups (broad SMARTS) is 1. The number of benzene rings is 1. The Labute approximate surface area is 119 Å². The smallest absolute Gasteiger partial charge is 0.465 e. The molecule has 0 unspecified atom stereocenters. The number of amides is 1. The molecule has 0 aliphatic carbocycles. The number of nitrogens with zero attached hydrogens (tertiary/aromatic N) is 1. The molecular weight excluding hydrogens is 257 g/mol. The van der Waals surface area contributed by atoms with Gasteiger partial charge in [-0.1, -0.05) is 6.07 Å². The lowest BCUT2D eigenvalue weighted by Gasteiger charge is -2.34. The van der Waals surface area contributed by atoms with Gasteiger partial charge in [0.05, 0.1) is 5.60 Å². The molecule has 0 saturated heterocycles. The van der Waals surface area contributed by atoms with Crippen LogP contribution in [0.4, 0.5) is 10.5 Å². The third-order valence-corrected chi connectivity index (χ3v) is 3.48. The molecule has 2 N–H and O–H groups in total. The molecule has 0 aromatic heterocycles. The second kappa shape index (κ2) is 4.50. The molecule has 2 rings (SSSR count). The Morgan fingerprint density at radius 2 is 1.95 bits per heavy atom. The number of carbonyl (C=O) groups is 1. The molecule has 108 valence electrons. The molecule has 1 aliphatic heterocycles. The zero-order valence-electron chi connectivity index (χ0n) is 12.5. The second-order valence-corrected chi connectivity index (χ2v) is 6.54. The molecule has 0 bridgehead atoms. The van der Waals surface area contributed by atoms with Crippen molar-refractivity contribution in [3.8, 4) is 0 Å². The van der Waals surface area contributed by atoms with Gasteiger partial charge >= 0.3 is 13.2 Å². The predicted octanol–water partition coefficient (Wildman–Crippen LogP) is 1.92. The summed E-state index contributed by atoms with van der Waals surface area (Å²) in [5.41, 5.74) is 0.903. The van der Waals surface area contributed by atoms with Crippen molar-refractivity contribution in [3.63, 3.8) is 0 Å². The molecule has 0 radical (unpaired) electrons. The Balaban J connectivity index is 2.54. The number of anilines is 1. The van der Waals surface area contributed by atoms with Crippen molar-refractivity contribution in [2.45, 2.75) is 45.8 Å².